The number of carbonyl (C=O) groups excluding carboxylic acids is 1. The molecule has 0 aromatic carbocycles. The van der Waals surface area contributed by atoms with Crippen LogP contribution in [0, 0.1) is 21.4 Å². The minimum atomic E-state index is -0.728. The van der Waals surface area contributed by atoms with Crippen molar-refractivity contribution in [2.45, 2.75) is 25.3 Å². The number of hydrogen-bond acceptors (Lipinski definition) is 5. The molecule has 0 spiro atoms. The lowest BCUT2D eigenvalue weighted by Gasteiger charge is -2.31. The van der Waals surface area contributed by atoms with Crippen LogP contribution >= 0.6 is 11.6 Å². The molecule has 1 fully saturated rings. The second-order valence-electron chi connectivity index (χ2n) is 4.39. The molecule has 0 radical (unpaired) electrons. The number of halogens is 1. The number of pyridine rings is 1. The van der Waals surface area contributed by atoms with Gasteiger partial charge >= 0.3 is 5.69 Å². The summed E-state index contributed by atoms with van der Waals surface area (Å²) in [6, 6.07) is 2.76. The van der Waals surface area contributed by atoms with Gasteiger partial charge in [0.25, 0.3) is 5.91 Å². The Kier molecular flexibility index (Phi) is 4.15. The van der Waals surface area contributed by atoms with Crippen LogP contribution in [0.25, 0.3) is 0 Å². The SMILES string of the molecule is N#CC1CCCCN1C(=O)c1ccnc(Cl)c1[N+](=O)[O-]. The van der Waals surface area contributed by atoms with Crippen LogP contribution < -0.4 is 0 Å². The molecular weight excluding hydrogens is 284 g/mol. The van der Waals surface area contributed by atoms with Gasteiger partial charge in [0.15, 0.2) is 0 Å². The summed E-state index contributed by atoms with van der Waals surface area (Å²) in [5.74, 6) is -0.549. The summed E-state index contributed by atoms with van der Waals surface area (Å²) in [5, 5.41) is 19.8. The molecule has 1 aromatic heterocycles. The number of piperidine rings is 1. The predicted molar refractivity (Wildman–Crippen MR) is 70.2 cm³/mol. The number of likely N-dealkylation sites (tertiary alicyclic amines) is 1. The van der Waals surface area contributed by atoms with Gasteiger partial charge in [-0.1, -0.05) is 11.6 Å². The second-order valence-corrected chi connectivity index (χ2v) is 4.75. The van der Waals surface area contributed by atoms with E-state index in [0.29, 0.717) is 13.0 Å². The first-order valence-corrected chi connectivity index (χ1v) is 6.43. The van der Waals surface area contributed by atoms with E-state index >= 15 is 0 Å². The molecule has 1 saturated heterocycles. The van der Waals surface area contributed by atoms with E-state index in [1.54, 1.807) is 0 Å². The number of hydrogen-bond donors (Lipinski definition) is 0. The molecule has 8 heteroatoms. The maximum absolute atomic E-state index is 12.4. The highest BCUT2D eigenvalue weighted by molar-refractivity contribution is 6.32. The van der Waals surface area contributed by atoms with Gasteiger partial charge in [0.1, 0.15) is 11.6 Å². The van der Waals surface area contributed by atoms with Crippen molar-refractivity contribution in [3.63, 3.8) is 0 Å². The van der Waals surface area contributed by atoms with Gasteiger partial charge in [0, 0.05) is 12.7 Å². The monoisotopic (exact) mass is 294 g/mol. The molecule has 0 aliphatic carbocycles. The predicted octanol–water partition coefficient (Wildman–Crippen LogP) is 2.16. The van der Waals surface area contributed by atoms with Gasteiger partial charge in [0.05, 0.1) is 11.0 Å². The lowest BCUT2D eigenvalue weighted by atomic mass is 10.0. The molecule has 2 heterocycles. The van der Waals surface area contributed by atoms with Crippen LogP contribution in [0.3, 0.4) is 0 Å². The first kappa shape index (κ1) is 14.2. The van der Waals surface area contributed by atoms with Crippen molar-refractivity contribution in [1.82, 2.24) is 9.88 Å². The van der Waals surface area contributed by atoms with Gasteiger partial charge in [-0.05, 0) is 25.3 Å². The van der Waals surface area contributed by atoms with E-state index in [2.05, 4.69) is 11.1 Å². The fraction of sp³-hybridized carbons (Fsp3) is 0.417. The molecule has 0 N–H and O–H groups in total. The normalized spacial score (nSPS) is 18.4. The molecule has 0 saturated carbocycles. The third-order valence-electron chi connectivity index (χ3n) is 3.21. The van der Waals surface area contributed by atoms with Gasteiger partial charge in [-0.3, -0.25) is 14.9 Å². The van der Waals surface area contributed by atoms with Gasteiger partial charge in [0.2, 0.25) is 5.15 Å². The molecule has 1 aliphatic heterocycles. The summed E-state index contributed by atoms with van der Waals surface area (Å²) >= 11 is 5.69. The van der Waals surface area contributed by atoms with Crippen LogP contribution in [-0.2, 0) is 0 Å². The average Bonchev–Trinajstić information content (AvgIpc) is 2.45. The standard InChI is InChI=1S/C12H11ClN4O3/c13-11-10(17(19)20)9(4-5-15-11)12(18)16-6-2-1-3-8(16)7-14/h4-5,8H,1-3,6H2. The summed E-state index contributed by atoms with van der Waals surface area (Å²) < 4.78 is 0. The van der Waals surface area contributed by atoms with E-state index in [-0.39, 0.29) is 10.7 Å². The highest BCUT2D eigenvalue weighted by atomic mass is 35.5. The van der Waals surface area contributed by atoms with Crippen molar-refractivity contribution in [3.8, 4) is 6.07 Å². The average molecular weight is 295 g/mol. The Balaban J connectivity index is 2.41. The van der Waals surface area contributed by atoms with E-state index in [4.69, 9.17) is 16.9 Å². The Morgan fingerprint density at radius 3 is 3.00 bits per heavy atom. The topological polar surface area (TPSA) is 100 Å². The quantitative estimate of drug-likeness (QED) is 0.472. The minimum absolute atomic E-state index is 0.128. The Labute approximate surface area is 119 Å². The van der Waals surface area contributed by atoms with Crippen molar-refractivity contribution in [1.29, 1.82) is 5.26 Å². The maximum Gasteiger partial charge on any atom is 0.319 e. The summed E-state index contributed by atoms with van der Waals surface area (Å²) in [6.45, 7) is 0.411. The fourth-order valence-corrected chi connectivity index (χ4v) is 2.47. The van der Waals surface area contributed by atoms with E-state index in [1.165, 1.54) is 17.2 Å². The van der Waals surface area contributed by atoms with Gasteiger partial charge in [-0.15, -0.1) is 0 Å². The van der Waals surface area contributed by atoms with Crippen LogP contribution in [0.1, 0.15) is 29.6 Å². The first-order chi connectivity index (χ1) is 9.56. The largest absolute Gasteiger partial charge is 0.322 e. The van der Waals surface area contributed by atoms with Crippen LogP contribution in [-0.4, -0.2) is 33.3 Å². The number of nitriles is 1. The van der Waals surface area contributed by atoms with E-state index < -0.39 is 22.6 Å². The van der Waals surface area contributed by atoms with Crippen molar-refractivity contribution >= 4 is 23.2 Å². The molecule has 1 unspecified atom stereocenters. The van der Waals surface area contributed by atoms with Crippen LogP contribution in [0.2, 0.25) is 5.15 Å². The van der Waals surface area contributed by atoms with Crippen molar-refractivity contribution in [2.75, 3.05) is 6.54 Å². The van der Waals surface area contributed by atoms with Gasteiger partial charge in [-0.2, -0.15) is 5.26 Å². The highest BCUT2D eigenvalue weighted by Crippen LogP contribution is 2.29. The molecule has 20 heavy (non-hydrogen) atoms. The molecule has 1 atom stereocenters. The Morgan fingerprint density at radius 2 is 2.35 bits per heavy atom. The fourth-order valence-electron chi connectivity index (χ4n) is 2.24. The number of carbonyl (C=O) groups is 1. The van der Waals surface area contributed by atoms with E-state index in [9.17, 15) is 14.9 Å². The number of amides is 1. The van der Waals surface area contributed by atoms with Crippen LogP contribution in [0.5, 0.6) is 0 Å². The third kappa shape index (κ3) is 2.56. The zero-order valence-corrected chi connectivity index (χ0v) is 11.2. The lowest BCUT2D eigenvalue weighted by Crippen LogP contribution is -2.43. The Hall–Kier alpha value is -2.20. The maximum atomic E-state index is 12.4. The summed E-state index contributed by atoms with van der Waals surface area (Å²) in [7, 11) is 0. The Morgan fingerprint density at radius 1 is 1.60 bits per heavy atom. The molecule has 1 aromatic rings. The number of rotatable bonds is 2. The third-order valence-corrected chi connectivity index (χ3v) is 3.48. The Bertz CT molecular complexity index is 599. The summed E-state index contributed by atoms with van der Waals surface area (Å²) in [4.78, 5) is 27.7. The molecule has 2 rings (SSSR count). The van der Waals surface area contributed by atoms with E-state index in [1.807, 2.05) is 0 Å². The molecule has 7 nitrogen and oxygen atoms in total. The molecule has 1 aliphatic rings. The summed E-state index contributed by atoms with van der Waals surface area (Å²) in [5.41, 5.74) is -0.640. The minimum Gasteiger partial charge on any atom is -0.322 e. The zero-order chi connectivity index (χ0) is 14.7. The van der Waals surface area contributed by atoms with Crippen molar-refractivity contribution in [2.24, 2.45) is 0 Å². The molecule has 0 bridgehead atoms. The second kappa shape index (κ2) is 5.84. The lowest BCUT2D eigenvalue weighted by molar-refractivity contribution is -0.385. The van der Waals surface area contributed by atoms with Crippen LogP contribution in [0.4, 0.5) is 5.69 Å². The van der Waals surface area contributed by atoms with E-state index in [0.717, 1.165) is 12.8 Å². The highest BCUT2D eigenvalue weighted by Gasteiger charge is 2.32. The summed E-state index contributed by atoms with van der Waals surface area (Å²) in [6.07, 6.45) is 3.46. The first-order valence-electron chi connectivity index (χ1n) is 6.05. The van der Waals surface area contributed by atoms with Crippen LogP contribution in [0.15, 0.2) is 12.3 Å². The van der Waals surface area contributed by atoms with Crippen molar-refractivity contribution < 1.29 is 9.72 Å². The zero-order valence-electron chi connectivity index (χ0n) is 10.5. The van der Waals surface area contributed by atoms with Gasteiger partial charge < -0.3 is 4.90 Å². The van der Waals surface area contributed by atoms with Crippen molar-refractivity contribution in [3.05, 3.63) is 33.1 Å². The number of aromatic nitrogens is 1. The number of nitrogens with zero attached hydrogens (tertiary/aromatic N) is 4. The number of nitro groups is 1. The molecule has 104 valence electrons. The smallest absolute Gasteiger partial charge is 0.319 e. The molecular formula is C12H11ClN4O3. The molecule has 1 amide bonds. The van der Waals surface area contributed by atoms with Gasteiger partial charge in [-0.25, -0.2) is 4.98 Å².